The van der Waals surface area contributed by atoms with Crippen LogP contribution >= 0.6 is 0 Å². The van der Waals surface area contributed by atoms with Gasteiger partial charge in [-0.2, -0.15) is 0 Å². The van der Waals surface area contributed by atoms with Crippen molar-refractivity contribution in [2.45, 2.75) is 38.6 Å². The average molecular weight is 309 g/mol. The fourth-order valence-electron chi connectivity index (χ4n) is 3.05. The maximum Gasteiger partial charge on any atom is 0.118 e. The minimum Gasteiger partial charge on any atom is -0.497 e. The molecule has 4 heteroatoms. The Hall–Kier alpha value is -0.870. The van der Waals surface area contributed by atoms with Crippen molar-refractivity contribution in [2.24, 2.45) is 5.92 Å². The molecule has 1 fully saturated rings. The van der Waals surface area contributed by atoms with Gasteiger partial charge in [0.2, 0.25) is 0 Å². The summed E-state index contributed by atoms with van der Waals surface area (Å²) in [7, 11) is 0.931. The molecule has 2 rings (SSSR count). The van der Waals surface area contributed by atoms with Gasteiger partial charge in [0, 0.05) is 28.3 Å². The lowest BCUT2D eigenvalue weighted by Gasteiger charge is -2.19. The topological polar surface area (TPSA) is 38.3 Å². The zero-order chi connectivity index (χ0) is 15.1. The minimum atomic E-state index is -0.743. The molecule has 0 spiro atoms. The van der Waals surface area contributed by atoms with E-state index in [1.54, 1.807) is 7.11 Å². The zero-order valence-electron chi connectivity index (χ0n) is 13.1. The molecule has 0 saturated heterocycles. The van der Waals surface area contributed by atoms with E-state index in [1.807, 2.05) is 12.1 Å². The summed E-state index contributed by atoms with van der Waals surface area (Å²) in [6, 6.07) is 8.25. The van der Waals surface area contributed by atoms with E-state index in [0.29, 0.717) is 11.7 Å². The predicted octanol–water partition coefficient (Wildman–Crippen LogP) is 3.28. The smallest absolute Gasteiger partial charge is 0.118 e. The normalized spacial score (nSPS) is 18.6. The zero-order valence-corrected chi connectivity index (χ0v) is 14.0. The van der Waals surface area contributed by atoms with Gasteiger partial charge in [-0.15, -0.1) is 0 Å². The Kier molecular flexibility index (Phi) is 6.71. The van der Waals surface area contributed by atoms with Crippen LogP contribution in [-0.4, -0.2) is 29.4 Å². The predicted molar refractivity (Wildman–Crippen MR) is 89.2 cm³/mol. The first kappa shape index (κ1) is 16.5. The van der Waals surface area contributed by atoms with Crippen LogP contribution in [-0.2, 0) is 10.8 Å². The fraction of sp³-hybridized carbons (Fsp3) is 0.647. The van der Waals surface area contributed by atoms with Gasteiger partial charge in [0.25, 0.3) is 0 Å². The molecular formula is C17H27NO2S. The summed E-state index contributed by atoms with van der Waals surface area (Å²) in [5, 5.41) is 3.46. The Morgan fingerprint density at radius 2 is 1.95 bits per heavy atom. The van der Waals surface area contributed by atoms with Crippen molar-refractivity contribution in [1.82, 2.24) is 5.32 Å². The number of hydrogen-bond acceptors (Lipinski definition) is 3. The Morgan fingerprint density at radius 1 is 1.29 bits per heavy atom. The van der Waals surface area contributed by atoms with Gasteiger partial charge in [0.15, 0.2) is 0 Å². The lowest BCUT2D eigenvalue weighted by atomic mass is 10.1. The molecule has 0 radical (unpaired) electrons. The van der Waals surface area contributed by atoms with Crippen LogP contribution in [0.5, 0.6) is 5.75 Å². The van der Waals surface area contributed by atoms with Crippen LogP contribution in [0.4, 0.5) is 0 Å². The maximum atomic E-state index is 12.4. The number of hydrogen-bond donors (Lipinski definition) is 1. The molecule has 2 atom stereocenters. The summed E-state index contributed by atoms with van der Waals surface area (Å²) in [4.78, 5) is 0. The van der Waals surface area contributed by atoms with Crippen LogP contribution in [0.1, 0.15) is 44.2 Å². The summed E-state index contributed by atoms with van der Waals surface area (Å²) >= 11 is 0. The van der Waals surface area contributed by atoms with Gasteiger partial charge >= 0.3 is 0 Å². The van der Waals surface area contributed by atoms with Crippen molar-refractivity contribution in [2.75, 3.05) is 25.2 Å². The average Bonchev–Trinajstić information content (AvgIpc) is 3.00. The standard InChI is InChI=1S/C17H27NO2S/c1-3-18-17(15-8-10-16(20-2)11-9-15)13-21(19)12-14-6-4-5-7-14/h8-11,14,17-18H,3-7,12-13H2,1-2H3. The molecule has 21 heavy (non-hydrogen) atoms. The lowest BCUT2D eigenvalue weighted by Crippen LogP contribution is -2.27. The van der Waals surface area contributed by atoms with E-state index in [4.69, 9.17) is 4.74 Å². The van der Waals surface area contributed by atoms with Crippen molar-refractivity contribution in [3.63, 3.8) is 0 Å². The highest BCUT2D eigenvalue weighted by Crippen LogP contribution is 2.26. The number of rotatable bonds is 8. The van der Waals surface area contributed by atoms with Crippen molar-refractivity contribution in [3.05, 3.63) is 29.8 Å². The first-order valence-corrected chi connectivity index (χ1v) is 9.44. The Morgan fingerprint density at radius 3 is 2.52 bits per heavy atom. The molecule has 0 bridgehead atoms. The molecule has 1 N–H and O–H groups in total. The number of ether oxygens (including phenoxy) is 1. The number of nitrogens with one attached hydrogen (secondary N) is 1. The van der Waals surface area contributed by atoms with Crippen LogP contribution in [0.2, 0.25) is 0 Å². The van der Waals surface area contributed by atoms with E-state index in [0.717, 1.165) is 18.0 Å². The molecule has 0 amide bonds. The summed E-state index contributed by atoms with van der Waals surface area (Å²) in [6.45, 7) is 2.98. The maximum absolute atomic E-state index is 12.4. The third kappa shape index (κ3) is 5.11. The van der Waals surface area contributed by atoms with Gasteiger partial charge in [0.05, 0.1) is 7.11 Å². The largest absolute Gasteiger partial charge is 0.497 e. The van der Waals surface area contributed by atoms with Gasteiger partial charge < -0.3 is 10.1 Å². The van der Waals surface area contributed by atoms with Gasteiger partial charge in [-0.3, -0.25) is 4.21 Å². The third-order valence-corrected chi connectivity index (χ3v) is 5.77. The van der Waals surface area contributed by atoms with E-state index in [2.05, 4.69) is 24.4 Å². The summed E-state index contributed by atoms with van der Waals surface area (Å²) in [5.41, 5.74) is 1.19. The summed E-state index contributed by atoms with van der Waals surface area (Å²) in [5.74, 6) is 3.12. The molecule has 3 nitrogen and oxygen atoms in total. The van der Waals surface area contributed by atoms with Crippen LogP contribution in [0.15, 0.2) is 24.3 Å². The van der Waals surface area contributed by atoms with Gasteiger partial charge in [-0.05, 0) is 43.0 Å². The monoisotopic (exact) mass is 309 g/mol. The number of methoxy groups -OCH3 is 1. The van der Waals surface area contributed by atoms with Gasteiger partial charge in [0.1, 0.15) is 5.75 Å². The molecule has 1 aliphatic rings. The minimum absolute atomic E-state index is 0.170. The molecule has 1 aromatic carbocycles. The molecule has 1 saturated carbocycles. The van der Waals surface area contributed by atoms with E-state index in [-0.39, 0.29) is 6.04 Å². The van der Waals surface area contributed by atoms with Gasteiger partial charge in [-0.1, -0.05) is 31.9 Å². The van der Waals surface area contributed by atoms with Crippen LogP contribution < -0.4 is 10.1 Å². The fourth-order valence-corrected chi connectivity index (χ4v) is 4.73. The van der Waals surface area contributed by atoms with Crippen molar-refractivity contribution in [1.29, 1.82) is 0 Å². The first-order valence-electron chi connectivity index (χ1n) is 7.95. The second-order valence-corrected chi connectivity index (χ2v) is 7.35. The molecule has 0 aromatic heterocycles. The van der Waals surface area contributed by atoms with Crippen molar-refractivity contribution in [3.8, 4) is 5.75 Å². The molecule has 0 heterocycles. The SMILES string of the molecule is CCNC(CS(=O)CC1CCCC1)c1ccc(OC)cc1. The molecule has 118 valence electrons. The highest BCUT2D eigenvalue weighted by molar-refractivity contribution is 7.85. The molecular weight excluding hydrogens is 282 g/mol. The van der Waals surface area contributed by atoms with E-state index in [1.165, 1.54) is 31.2 Å². The van der Waals surface area contributed by atoms with E-state index >= 15 is 0 Å². The second-order valence-electron chi connectivity index (χ2n) is 5.81. The summed E-state index contributed by atoms with van der Waals surface area (Å²) in [6.07, 6.45) is 5.16. The Balaban J connectivity index is 1.94. The molecule has 1 aliphatic carbocycles. The van der Waals surface area contributed by atoms with E-state index < -0.39 is 10.8 Å². The molecule has 0 aliphatic heterocycles. The second kappa shape index (κ2) is 8.54. The van der Waals surface area contributed by atoms with Crippen LogP contribution in [0, 0.1) is 5.92 Å². The van der Waals surface area contributed by atoms with Gasteiger partial charge in [-0.25, -0.2) is 0 Å². The summed E-state index contributed by atoms with van der Waals surface area (Å²) < 4.78 is 17.6. The highest BCUT2D eigenvalue weighted by Gasteiger charge is 2.20. The molecule has 2 unspecified atom stereocenters. The quantitative estimate of drug-likeness (QED) is 0.801. The Labute approximate surface area is 130 Å². The number of benzene rings is 1. The Bertz CT molecular complexity index is 441. The van der Waals surface area contributed by atoms with Crippen LogP contribution in [0.25, 0.3) is 0 Å². The molecule has 1 aromatic rings. The van der Waals surface area contributed by atoms with Crippen molar-refractivity contribution >= 4 is 10.8 Å². The first-order chi connectivity index (χ1) is 10.2. The highest BCUT2D eigenvalue weighted by atomic mass is 32.2. The third-order valence-electron chi connectivity index (χ3n) is 4.22. The lowest BCUT2D eigenvalue weighted by molar-refractivity contribution is 0.414. The van der Waals surface area contributed by atoms with E-state index in [9.17, 15) is 4.21 Å². The van der Waals surface area contributed by atoms with Crippen LogP contribution in [0.3, 0.4) is 0 Å². The van der Waals surface area contributed by atoms with Crippen molar-refractivity contribution < 1.29 is 8.95 Å².